The Morgan fingerprint density at radius 1 is 0.762 bits per heavy atom. The predicted octanol–water partition coefficient (Wildman–Crippen LogP) is 3.94. The van der Waals surface area contributed by atoms with Crippen molar-refractivity contribution in [3.8, 4) is 12.1 Å². The van der Waals surface area contributed by atoms with E-state index in [2.05, 4.69) is 0 Å². The van der Waals surface area contributed by atoms with E-state index in [-0.39, 0.29) is 11.4 Å². The van der Waals surface area contributed by atoms with Crippen LogP contribution < -0.4 is 8.68 Å². The Morgan fingerprint density at radius 2 is 1.14 bits per heavy atom. The molecule has 0 saturated heterocycles. The van der Waals surface area contributed by atoms with E-state index in [4.69, 9.17) is 45.0 Å². The molecule has 0 aromatic carbocycles. The third-order valence-electron chi connectivity index (χ3n) is 2.75. The molecule has 0 atom stereocenters. The first-order valence-electron chi connectivity index (χ1n) is 5.56. The van der Waals surface area contributed by atoms with Crippen LogP contribution in [-0.4, -0.2) is 0 Å². The second-order valence-electron chi connectivity index (χ2n) is 4.16. The van der Waals surface area contributed by atoms with Crippen molar-refractivity contribution < 1.29 is 8.68 Å². The van der Waals surface area contributed by atoms with Crippen LogP contribution in [0.2, 0.25) is 0 Å². The van der Waals surface area contributed by atoms with E-state index in [0.29, 0.717) is 0 Å². The summed E-state index contributed by atoms with van der Waals surface area (Å²) < 4.78 is -3.32. The summed E-state index contributed by atoms with van der Waals surface area (Å²) in [5.74, 6) is 0. The van der Waals surface area contributed by atoms with Gasteiger partial charge in [-0.2, -0.15) is 0 Å². The summed E-state index contributed by atoms with van der Waals surface area (Å²) in [6, 6.07) is 13.2. The number of hydrogen-bond donors (Lipinski definition) is 0. The minimum absolute atomic E-state index is 0.0586. The van der Waals surface area contributed by atoms with Crippen molar-refractivity contribution >= 4 is 48.6 Å². The molecule has 0 aliphatic heterocycles. The standard InChI is InChI=1S/C12H8Cl4N4P/c13-21(14,15,16,19-7-3-1-5-11(19)9-17)20-8-4-2-6-12(20)10-18/h1-8H/q+1. The fourth-order valence-electron chi connectivity index (χ4n) is 1.83. The van der Waals surface area contributed by atoms with E-state index < -0.39 is 3.66 Å². The van der Waals surface area contributed by atoms with Crippen molar-refractivity contribution in [2.24, 2.45) is 0 Å². The van der Waals surface area contributed by atoms with E-state index in [1.54, 1.807) is 24.3 Å². The molecule has 4 nitrogen and oxygen atoms in total. The van der Waals surface area contributed by atoms with Crippen molar-refractivity contribution in [3.63, 3.8) is 0 Å². The molecule has 0 amide bonds. The van der Waals surface area contributed by atoms with E-state index in [1.807, 2.05) is 12.1 Å². The van der Waals surface area contributed by atoms with Crippen LogP contribution in [0.25, 0.3) is 0 Å². The van der Waals surface area contributed by atoms with Gasteiger partial charge in [-0.15, -0.1) is 0 Å². The molecule has 0 aliphatic rings. The van der Waals surface area contributed by atoms with Crippen LogP contribution in [0.15, 0.2) is 48.8 Å². The summed E-state index contributed by atoms with van der Waals surface area (Å²) in [4.78, 5) is 0. The van der Waals surface area contributed by atoms with Gasteiger partial charge in [0.05, 0.1) is 0 Å². The zero-order valence-corrected chi connectivity index (χ0v) is 14.3. The van der Waals surface area contributed by atoms with Crippen LogP contribution in [0.1, 0.15) is 11.4 Å². The Kier molecular flexibility index (Phi) is 3.62. The van der Waals surface area contributed by atoms with Gasteiger partial charge in [0.15, 0.2) is 0 Å². The third-order valence-corrected chi connectivity index (χ3v) is 9.05. The van der Waals surface area contributed by atoms with E-state index in [0.717, 1.165) is 8.68 Å². The topological polar surface area (TPSA) is 55.3 Å². The van der Waals surface area contributed by atoms with Gasteiger partial charge in [-0.1, -0.05) is 0 Å². The molecule has 2 heterocycles. The SMILES string of the molecule is N#Cc1cccc[n+]1[P-](Cl)(Cl)(Cl)(Cl)[n+]1ccccc1C#N. The van der Waals surface area contributed by atoms with Gasteiger partial charge in [-0.25, -0.2) is 0 Å². The number of halogens is 4. The number of rotatable bonds is 2. The van der Waals surface area contributed by atoms with E-state index in [1.165, 1.54) is 24.5 Å². The van der Waals surface area contributed by atoms with Crippen LogP contribution >= 0.6 is 48.6 Å². The minimum atomic E-state index is -5.51. The van der Waals surface area contributed by atoms with Gasteiger partial charge in [-0.05, 0) is 0 Å². The maximum absolute atomic E-state index is 9.23. The van der Waals surface area contributed by atoms with E-state index >= 15 is 0 Å². The molecule has 0 N–H and O–H groups in total. The molecule has 2 rings (SSSR count). The second-order valence-corrected chi connectivity index (χ2v) is 20.0. The summed E-state index contributed by atoms with van der Waals surface area (Å²) in [6.07, 6.45) is 2.80. The fourth-order valence-corrected chi connectivity index (χ4v) is 6.95. The van der Waals surface area contributed by atoms with Gasteiger partial charge in [-0.3, -0.25) is 0 Å². The molecule has 2 aromatic rings. The molecule has 0 fully saturated rings. The van der Waals surface area contributed by atoms with Crippen molar-refractivity contribution in [2.75, 3.05) is 0 Å². The summed E-state index contributed by atoms with van der Waals surface area (Å²) in [5.41, 5.74) is 0.117. The molecular formula is C12H8Cl4N4P+. The second kappa shape index (κ2) is 4.68. The van der Waals surface area contributed by atoms with Gasteiger partial charge >= 0.3 is 140 Å². The van der Waals surface area contributed by atoms with Crippen molar-refractivity contribution in [2.45, 2.75) is 0 Å². The molecule has 9 heteroatoms. The monoisotopic (exact) mass is 379 g/mol. The summed E-state index contributed by atoms with van der Waals surface area (Å²) in [5, 5.41) is 18.5. The number of nitrogens with zero attached hydrogens (tertiary/aromatic N) is 4. The first-order chi connectivity index (χ1) is 9.63. The Bertz CT molecular complexity index is 753. The van der Waals surface area contributed by atoms with Gasteiger partial charge in [0.1, 0.15) is 0 Å². The number of hydrogen-bond acceptors (Lipinski definition) is 2. The van der Waals surface area contributed by atoms with Gasteiger partial charge in [0.25, 0.3) is 0 Å². The zero-order chi connectivity index (χ0) is 15.8. The molecule has 21 heavy (non-hydrogen) atoms. The molecule has 0 spiro atoms. The van der Waals surface area contributed by atoms with Crippen LogP contribution in [0, 0.1) is 22.7 Å². The summed E-state index contributed by atoms with van der Waals surface area (Å²) in [7, 11) is 0. The predicted molar refractivity (Wildman–Crippen MR) is 83.8 cm³/mol. The average Bonchev–Trinajstić information content (AvgIpc) is 2.46. The number of aromatic nitrogens is 2. The average molecular weight is 381 g/mol. The molecule has 108 valence electrons. The Labute approximate surface area is 140 Å². The van der Waals surface area contributed by atoms with Gasteiger partial charge in [0, 0.05) is 0 Å². The van der Waals surface area contributed by atoms with Gasteiger partial charge in [0.2, 0.25) is 0 Å². The fraction of sp³-hybridized carbons (Fsp3) is 0. The zero-order valence-electron chi connectivity index (χ0n) is 10.4. The van der Waals surface area contributed by atoms with Crippen LogP contribution in [0.4, 0.5) is 0 Å². The first kappa shape index (κ1) is 16.2. The first-order valence-corrected chi connectivity index (χ1v) is 11.8. The number of nitriles is 2. The normalized spacial score (nSPS) is 14.4. The third kappa shape index (κ3) is 2.67. The van der Waals surface area contributed by atoms with Crippen LogP contribution in [0.3, 0.4) is 0 Å². The van der Waals surface area contributed by atoms with Gasteiger partial charge < -0.3 is 0 Å². The Balaban J connectivity index is 2.96. The molecule has 2 aromatic heterocycles. The molecule has 0 unspecified atom stereocenters. The Morgan fingerprint density at radius 3 is 1.48 bits per heavy atom. The quantitative estimate of drug-likeness (QED) is 0.741. The van der Waals surface area contributed by atoms with Crippen molar-refractivity contribution in [3.05, 3.63) is 60.2 Å². The molecule has 0 aliphatic carbocycles. The van der Waals surface area contributed by atoms with Crippen LogP contribution in [-0.2, 0) is 0 Å². The number of pyridine rings is 2. The summed E-state index contributed by atoms with van der Waals surface area (Å²) >= 11 is 26.1. The maximum atomic E-state index is 9.23. The van der Waals surface area contributed by atoms with Crippen LogP contribution in [0.5, 0.6) is 0 Å². The molecule has 0 radical (unpaired) electrons. The molecular weight excluding hydrogens is 373 g/mol. The molecule has 0 saturated carbocycles. The van der Waals surface area contributed by atoms with Crippen molar-refractivity contribution in [1.29, 1.82) is 10.5 Å². The molecule has 0 bridgehead atoms. The summed E-state index contributed by atoms with van der Waals surface area (Å²) in [6.45, 7) is 0. The Hall–Kier alpha value is -1.13. The van der Waals surface area contributed by atoms with Crippen molar-refractivity contribution in [1.82, 2.24) is 0 Å². The van der Waals surface area contributed by atoms with E-state index in [9.17, 15) is 10.5 Å².